The molecular formula is C44H49IrN3OSi-2. The number of furan rings is 1. The third kappa shape index (κ3) is 8.53. The minimum absolute atomic E-state index is 0. The zero-order valence-corrected chi connectivity index (χ0v) is 33.4. The van der Waals surface area contributed by atoms with Gasteiger partial charge in [0.1, 0.15) is 0 Å². The molecule has 0 amide bonds. The second-order valence-electron chi connectivity index (χ2n) is 15.3. The Labute approximate surface area is 312 Å². The van der Waals surface area contributed by atoms with Crippen LogP contribution in [-0.2, 0) is 26.5 Å². The Morgan fingerprint density at radius 3 is 2.28 bits per heavy atom. The van der Waals surface area contributed by atoms with Crippen LogP contribution in [-0.4, -0.2) is 23.0 Å². The molecule has 0 bridgehead atoms. The van der Waals surface area contributed by atoms with Crippen molar-refractivity contribution in [2.24, 2.45) is 5.92 Å². The molecule has 1 radical (unpaired) electrons. The van der Waals surface area contributed by atoms with Crippen LogP contribution >= 0.6 is 0 Å². The van der Waals surface area contributed by atoms with Gasteiger partial charge in [-0.15, -0.1) is 59.7 Å². The zero-order chi connectivity index (χ0) is 33.8. The molecule has 4 nitrogen and oxygen atoms in total. The number of nitrogens with zero attached hydrogens (tertiary/aromatic N) is 3. The summed E-state index contributed by atoms with van der Waals surface area (Å²) >= 11 is 0. The van der Waals surface area contributed by atoms with E-state index in [1.54, 1.807) is 10.8 Å². The number of hydrogen-bond donors (Lipinski definition) is 0. The molecule has 2 aliphatic rings. The van der Waals surface area contributed by atoms with E-state index < -0.39 is 8.07 Å². The molecule has 2 fully saturated rings. The number of pyridine rings is 3. The Hall–Kier alpha value is -3.44. The molecule has 2 saturated carbocycles. The molecule has 0 atom stereocenters. The van der Waals surface area contributed by atoms with E-state index in [2.05, 4.69) is 90.4 Å². The molecule has 2 aromatic carbocycles. The molecule has 0 spiro atoms. The largest absolute Gasteiger partial charge is 0.486 e. The first-order valence-electron chi connectivity index (χ1n) is 18.5. The summed E-state index contributed by atoms with van der Waals surface area (Å²) in [7, 11) is -1.36. The number of hydrogen-bond acceptors (Lipinski definition) is 4. The summed E-state index contributed by atoms with van der Waals surface area (Å²) < 4.78 is 5.89. The third-order valence-electron chi connectivity index (χ3n) is 10.5. The molecule has 0 N–H and O–H groups in total. The predicted molar refractivity (Wildman–Crippen MR) is 206 cm³/mol. The van der Waals surface area contributed by atoms with Crippen LogP contribution in [0.25, 0.3) is 44.6 Å². The van der Waals surface area contributed by atoms with Gasteiger partial charge in [0.2, 0.25) is 5.71 Å². The van der Waals surface area contributed by atoms with Gasteiger partial charge in [-0.1, -0.05) is 99.7 Å². The van der Waals surface area contributed by atoms with E-state index in [1.807, 2.05) is 37.4 Å². The Morgan fingerprint density at radius 2 is 1.54 bits per heavy atom. The average molecular weight is 856 g/mol. The number of aromatic nitrogens is 3. The molecule has 2 aliphatic carbocycles. The van der Waals surface area contributed by atoms with E-state index in [-0.39, 0.29) is 20.1 Å². The van der Waals surface area contributed by atoms with Gasteiger partial charge < -0.3 is 14.4 Å². The quantitative estimate of drug-likeness (QED) is 0.124. The van der Waals surface area contributed by atoms with Crippen LogP contribution in [0.15, 0.2) is 83.5 Å². The molecule has 6 aromatic rings. The van der Waals surface area contributed by atoms with Crippen molar-refractivity contribution in [3.63, 3.8) is 0 Å². The van der Waals surface area contributed by atoms with Crippen molar-refractivity contribution >= 4 is 35.3 Å². The summed E-state index contributed by atoms with van der Waals surface area (Å²) in [5, 5.41) is 3.68. The fourth-order valence-electron chi connectivity index (χ4n) is 7.86. The maximum Gasteiger partial charge on any atom is 0.216 e. The van der Waals surface area contributed by atoms with Crippen LogP contribution in [0.1, 0.15) is 86.9 Å². The van der Waals surface area contributed by atoms with Gasteiger partial charge in [0.05, 0.1) is 13.7 Å². The van der Waals surface area contributed by atoms with E-state index >= 15 is 0 Å². The van der Waals surface area contributed by atoms with Gasteiger partial charge in [-0.05, 0) is 72.8 Å². The van der Waals surface area contributed by atoms with Crippen molar-refractivity contribution in [2.75, 3.05) is 0 Å². The molecule has 0 aliphatic heterocycles. The first kappa shape index (κ1) is 36.4. The number of rotatable bonds is 6. The first-order valence-corrected chi connectivity index (χ1v) is 22.0. The normalized spacial score (nSPS) is 15.8. The minimum atomic E-state index is -1.36. The van der Waals surface area contributed by atoms with E-state index in [9.17, 15) is 0 Å². The van der Waals surface area contributed by atoms with E-state index in [0.29, 0.717) is 5.71 Å². The summed E-state index contributed by atoms with van der Waals surface area (Å²) in [6.45, 7) is 9.28. The summed E-state index contributed by atoms with van der Waals surface area (Å²) in [4.78, 5) is 13.9. The Bertz CT molecular complexity index is 2020. The molecule has 50 heavy (non-hydrogen) atoms. The number of aryl methyl sites for hydroxylation is 1. The topological polar surface area (TPSA) is 51.8 Å². The zero-order valence-electron chi connectivity index (χ0n) is 30.0. The summed E-state index contributed by atoms with van der Waals surface area (Å²) in [6.07, 6.45) is 19.0. The first-order chi connectivity index (χ1) is 23.8. The second-order valence-corrected chi connectivity index (χ2v) is 20.3. The Balaban J connectivity index is 0.000000173. The second kappa shape index (κ2) is 16.3. The van der Waals surface area contributed by atoms with Crippen LogP contribution in [0.4, 0.5) is 0 Å². The molecule has 0 saturated heterocycles. The maximum atomic E-state index is 5.89. The molecule has 261 valence electrons. The number of fused-ring (bicyclic) bond motifs is 3. The van der Waals surface area contributed by atoms with E-state index in [4.69, 9.17) is 9.40 Å². The molecule has 0 unspecified atom stereocenters. The SMILES string of the molecule is C[Si](C)(C)c1cnc(-c2[c-]cccc2)cc1C1CCCCC1.Cc1ccc2c(n1)oc1c[c-]c(-c3cc(CC4CCCCC4)ccn3)cc12.[Ir]. The van der Waals surface area contributed by atoms with Crippen molar-refractivity contribution in [1.82, 2.24) is 15.0 Å². The van der Waals surface area contributed by atoms with Crippen molar-refractivity contribution in [3.05, 3.63) is 108 Å². The van der Waals surface area contributed by atoms with Gasteiger partial charge in [0.25, 0.3) is 0 Å². The predicted octanol–water partition coefficient (Wildman–Crippen LogP) is 11.4. The molecule has 6 heteroatoms. The minimum Gasteiger partial charge on any atom is -0.486 e. The van der Waals surface area contributed by atoms with E-state index in [1.165, 1.54) is 69.8 Å². The Morgan fingerprint density at radius 1 is 0.780 bits per heavy atom. The summed E-state index contributed by atoms with van der Waals surface area (Å²) in [5.41, 5.74) is 9.64. The van der Waals surface area contributed by atoms with E-state index in [0.717, 1.165) is 62.8 Å². The van der Waals surface area contributed by atoms with Gasteiger partial charge in [0, 0.05) is 43.6 Å². The van der Waals surface area contributed by atoms with Crippen molar-refractivity contribution in [2.45, 2.75) is 103 Å². The maximum absolute atomic E-state index is 5.89. The van der Waals surface area contributed by atoms with Crippen LogP contribution < -0.4 is 5.19 Å². The molecular weight excluding hydrogens is 807 g/mol. The third-order valence-corrected chi connectivity index (χ3v) is 12.6. The summed E-state index contributed by atoms with van der Waals surface area (Å²) in [5.74, 6) is 1.56. The standard InChI is InChI=1S/C24H23N2O.C20H26NSi.Ir/c1-16-7-9-20-21-15-19(8-10-23(21)27-24(20)26-16)22-14-18(11-12-25-22)13-17-5-3-2-4-6-17;1-22(2,3)20-15-21-19(17-12-8-5-9-13-17)14-18(20)16-10-6-4-7-11-16;/h7,9-12,14-15,17H,2-6,13H2,1H3;5,8-9,12,14-16H,4,6-7,10-11H2,1-3H3;/q2*-1;. The van der Waals surface area contributed by atoms with Crippen LogP contribution in [0.3, 0.4) is 0 Å². The number of benzene rings is 2. The van der Waals surface area contributed by atoms with Crippen molar-refractivity contribution in [1.29, 1.82) is 0 Å². The molecule has 4 heterocycles. The van der Waals surface area contributed by atoms with Gasteiger partial charge in [-0.3, -0.25) is 0 Å². The van der Waals surface area contributed by atoms with Crippen LogP contribution in [0.2, 0.25) is 19.6 Å². The smallest absolute Gasteiger partial charge is 0.216 e. The van der Waals surface area contributed by atoms with Crippen LogP contribution in [0, 0.1) is 25.0 Å². The fraction of sp³-hybridized carbons (Fsp3) is 0.386. The van der Waals surface area contributed by atoms with Gasteiger partial charge in [-0.25, -0.2) is 4.98 Å². The van der Waals surface area contributed by atoms with Crippen LogP contribution in [0.5, 0.6) is 0 Å². The fourth-order valence-corrected chi connectivity index (χ4v) is 9.46. The van der Waals surface area contributed by atoms with Crippen molar-refractivity contribution < 1.29 is 24.5 Å². The average Bonchev–Trinajstić information content (AvgIpc) is 3.49. The van der Waals surface area contributed by atoms with Gasteiger partial charge in [0.15, 0.2) is 0 Å². The summed E-state index contributed by atoms with van der Waals surface area (Å²) in [6, 6.07) is 29.8. The van der Waals surface area contributed by atoms with Gasteiger partial charge >= 0.3 is 0 Å². The molecule has 4 aromatic heterocycles. The monoisotopic (exact) mass is 856 g/mol. The Kier molecular flexibility index (Phi) is 11.8. The van der Waals surface area contributed by atoms with Gasteiger partial charge in [-0.2, -0.15) is 0 Å². The molecule has 8 rings (SSSR count). The van der Waals surface area contributed by atoms with Crippen molar-refractivity contribution in [3.8, 4) is 22.5 Å².